The Labute approximate surface area is 150 Å². The Morgan fingerprint density at radius 1 is 1.16 bits per heavy atom. The number of para-hydroxylation sites is 1. The number of carbonyl (C=O) groups is 2. The minimum atomic E-state index is -0.904. The highest BCUT2D eigenvalue weighted by atomic mass is 32.2. The van der Waals surface area contributed by atoms with Gasteiger partial charge in [-0.2, -0.15) is 0 Å². The number of fused-ring (bicyclic) bond motifs is 1. The summed E-state index contributed by atoms with van der Waals surface area (Å²) in [5.74, 6) is 0.0135. The van der Waals surface area contributed by atoms with E-state index in [-0.39, 0.29) is 17.6 Å². The Morgan fingerprint density at radius 2 is 1.88 bits per heavy atom. The van der Waals surface area contributed by atoms with Crippen LogP contribution in [0.1, 0.15) is 24.2 Å². The second kappa shape index (κ2) is 7.61. The summed E-state index contributed by atoms with van der Waals surface area (Å²) in [5, 5.41) is 2.52. The van der Waals surface area contributed by atoms with Gasteiger partial charge in [-0.3, -0.25) is 9.59 Å². The summed E-state index contributed by atoms with van der Waals surface area (Å²) in [6, 6.07) is 15.0. The van der Waals surface area contributed by atoms with Gasteiger partial charge in [0.05, 0.1) is 18.0 Å². The van der Waals surface area contributed by atoms with Crippen LogP contribution in [-0.4, -0.2) is 25.1 Å². The third-order valence-electron chi connectivity index (χ3n) is 3.92. The molecule has 3 rings (SSSR count). The number of methoxy groups -OCH3 is 1. The highest BCUT2D eigenvalue weighted by molar-refractivity contribution is 7.99. The number of ether oxygens (including phenoxy) is 2. The summed E-state index contributed by atoms with van der Waals surface area (Å²) in [4.78, 5) is 25.5. The molecule has 0 fully saturated rings. The Kier molecular flexibility index (Phi) is 5.28. The van der Waals surface area contributed by atoms with Crippen molar-refractivity contribution in [1.29, 1.82) is 0 Å². The van der Waals surface area contributed by atoms with Gasteiger partial charge in [-0.15, -0.1) is 11.8 Å². The van der Waals surface area contributed by atoms with Gasteiger partial charge in [0.25, 0.3) is 5.91 Å². The first kappa shape index (κ1) is 17.4. The first-order valence-corrected chi connectivity index (χ1v) is 8.90. The molecular weight excluding hydrogens is 338 g/mol. The Bertz CT molecular complexity index is 775. The zero-order valence-electron chi connectivity index (χ0n) is 14.0. The molecule has 0 bridgehead atoms. The number of amides is 1. The van der Waals surface area contributed by atoms with Crippen molar-refractivity contribution in [3.63, 3.8) is 0 Å². The Morgan fingerprint density at radius 3 is 2.56 bits per heavy atom. The fourth-order valence-electron chi connectivity index (χ4n) is 2.59. The lowest BCUT2D eigenvalue weighted by Gasteiger charge is -2.23. The maximum absolute atomic E-state index is 12.7. The van der Waals surface area contributed by atoms with Gasteiger partial charge < -0.3 is 14.8 Å². The van der Waals surface area contributed by atoms with Crippen molar-refractivity contribution in [3.8, 4) is 5.75 Å². The number of esters is 1. The molecule has 130 valence electrons. The zero-order chi connectivity index (χ0) is 17.8. The number of benzene rings is 2. The smallest absolute Gasteiger partial charge is 0.306 e. The van der Waals surface area contributed by atoms with E-state index in [2.05, 4.69) is 5.32 Å². The van der Waals surface area contributed by atoms with Gasteiger partial charge in [-0.05, 0) is 29.8 Å². The van der Waals surface area contributed by atoms with Crippen molar-refractivity contribution >= 4 is 29.3 Å². The topological polar surface area (TPSA) is 64.6 Å². The van der Waals surface area contributed by atoms with Crippen molar-refractivity contribution < 1.29 is 19.1 Å². The van der Waals surface area contributed by atoms with E-state index in [1.165, 1.54) is 11.8 Å². The molecule has 2 aromatic carbocycles. The van der Waals surface area contributed by atoms with Gasteiger partial charge in [0.2, 0.25) is 0 Å². The first-order chi connectivity index (χ1) is 12.1. The summed E-state index contributed by atoms with van der Waals surface area (Å²) in [6.07, 6.45) is -0.685. The van der Waals surface area contributed by atoms with Crippen LogP contribution < -0.4 is 10.1 Å². The molecule has 0 radical (unpaired) electrons. The number of thioether (sulfide) groups is 1. The van der Waals surface area contributed by atoms with Crippen LogP contribution in [0.2, 0.25) is 0 Å². The van der Waals surface area contributed by atoms with E-state index < -0.39 is 12.1 Å². The number of anilines is 1. The van der Waals surface area contributed by atoms with E-state index in [0.717, 1.165) is 21.9 Å². The summed E-state index contributed by atoms with van der Waals surface area (Å²) < 4.78 is 10.7. The van der Waals surface area contributed by atoms with Crippen molar-refractivity contribution in [1.82, 2.24) is 0 Å². The molecule has 0 aromatic heterocycles. The van der Waals surface area contributed by atoms with Crippen LogP contribution in [0.15, 0.2) is 53.4 Å². The Balaban J connectivity index is 2.00. The molecule has 1 aliphatic rings. The molecule has 0 saturated heterocycles. The molecule has 25 heavy (non-hydrogen) atoms. The lowest BCUT2D eigenvalue weighted by atomic mass is 10.1. The van der Waals surface area contributed by atoms with Crippen LogP contribution in [0.25, 0.3) is 0 Å². The average Bonchev–Trinajstić information content (AvgIpc) is 2.78. The highest BCUT2D eigenvalue weighted by Crippen LogP contribution is 2.45. The second-order valence-corrected chi connectivity index (χ2v) is 6.74. The van der Waals surface area contributed by atoms with Gasteiger partial charge >= 0.3 is 5.97 Å². The largest absolute Gasteiger partial charge is 0.497 e. The molecule has 1 heterocycles. The van der Waals surface area contributed by atoms with Gasteiger partial charge in [0.1, 0.15) is 5.75 Å². The first-order valence-electron chi connectivity index (χ1n) is 8.02. The number of hydrogen-bond acceptors (Lipinski definition) is 5. The molecule has 0 saturated carbocycles. The van der Waals surface area contributed by atoms with E-state index >= 15 is 0 Å². The molecule has 0 aliphatic carbocycles. The zero-order valence-corrected chi connectivity index (χ0v) is 14.8. The molecule has 1 amide bonds. The maximum Gasteiger partial charge on any atom is 0.306 e. The predicted octanol–water partition coefficient (Wildman–Crippen LogP) is 3.80. The highest BCUT2D eigenvalue weighted by Gasteiger charge is 2.37. The molecule has 2 aromatic rings. The molecule has 0 spiro atoms. The van der Waals surface area contributed by atoms with Crippen LogP contribution in [-0.2, 0) is 14.3 Å². The third-order valence-corrected chi connectivity index (χ3v) is 5.31. The average molecular weight is 357 g/mol. The van der Waals surface area contributed by atoms with E-state index in [1.807, 2.05) is 48.5 Å². The molecule has 5 nitrogen and oxygen atoms in total. The van der Waals surface area contributed by atoms with Gasteiger partial charge in [-0.25, -0.2) is 0 Å². The molecule has 2 unspecified atom stereocenters. The van der Waals surface area contributed by atoms with Gasteiger partial charge in [0, 0.05) is 11.3 Å². The van der Waals surface area contributed by atoms with Gasteiger partial charge in [-0.1, -0.05) is 31.2 Å². The molecule has 1 aliphatic heterocycles. The minimum absolute atomic E-state index is 0.219. The fraction of sp³-hybridized carbons (Fsp3) is 0.263. The summed E-state index contributed by atoms with van der Waals surface area (Å²) in [7, 11) is 1.60. The quantitative estimate of drug-likeness (QED) is 0.843. The number of rotatable bonds is 4. The normalized spacial score (nSPS) is 19.4. The molecule has 1 N–H and O–H groups in total. The summed E-state index contributed by atoms with van der Waals surface area (Å²) in [5.41, 5.74) is 1.62. The standard InChI is InChI=1S/C19H19NO4S/c1-3-16(21)24-17-18(12-8-10-13(23-2)11-9-12)25-15-7-5-4-6-14(15)20-19(17)22/h4-11,17-18H,3H2,1-2H3,(H,20,22). The number of nitrogens with one attached hydrogen (secondary N) is 1. The van der Waals surface area contributed by atoms with Crippen molar-refractivity contribution in [2.45, 2.75) is 29.6 Å². The lowest BCUT2D eigenvalue weighted by Crippen LogP contribution is -2.35. The third kappa shape index (κ3) is 3.79. The van der Waals surface area contributed by atoms with E-state index in [4.69, 9.17) is 9.47 Å². The fourth-order valence-corrected chi connectivity index (χ4v) is 3.86. The number of carbonyl (C=O) groups excluding carboxylic acids is 2. The van der Waals surface area contributed by atoms with Crippen LogP contribution in [0.4, 0.5) is 5.69 Å². The van der Waals surface area contributed by atoms with Crippen LogP contribution >= 0.6 is 11.8 Å². The van der Waals surface area contributed by atoms with Crippen LogP contribution in [0.3, 0.4) is 0 Å². The number of hydrogen-bond donors (Lipinski definition) is 1. The van der Waals surface area contributed by atoms with Gasteiger partial charge in [0.15, 0.2) is 6.10 Å². The maximum atomic E-state index is 12.7. The van der Waals surface area contributed by atoms with Crippen LogP contribution in [0.5, 0.6) is 5.75 Å². The summed E-state index contributed by atoms with van der Waals surface area (Å²) in [6.45, 7) is 1.71. The molecule has 6 heteroatoms. The van der Waals surface area contributed by atoms with Crippen molar-refractivity contribution in [2.75, 3.05) is 12.4 Å². The van der Waals surface area contributed by atoms with E-state index in [0.29, 0.717) is 0 Å². The van der Waals surface area contributed by atoms with E-state index in [9.17, 15) is 9.59 Å². The van der Waals surface area contributed by atoms with Crippen molar-refractivity contribution in [2.24, 2.45) is 0 Å². The SMILES string of the molecule is CCC(=O)OC1C(=O)Nc2ccccc2SC1c1ccc(OC)cc1. The van der Waals surface area contributed by atoms with Crippen LogP contribution in [0, 0.1) is 0 Å². The van der Waals surface area contributed by atoms with Crippen molar-refractivity contribution in [3.05, 3.63) is 54.1 Å². The summed E-state index contributed by atoms with van der Waals surface area (Å²) >= 11 is 1.51. The Hall–Kier alpha value is -2.47. The second-order valence-electron chi connectivity index (χ2n) is 5.56. The monoisotopic (exact) mass is 357 g/mol. The minimum Gasteiger partial charge on any atom is -0.497 e. The predicted molar refractivity (Wildman–Crippen MR) is 96.8 cm³/mol. The molecule has 2 atom stereocenters. The molecular formula is C19H19NO4S. The lowest BCUT2D eigenvalue weighted by molar-refractivity contribution is -0.153. The van der Waals surface area contributed by atoms with E-state index in [1.54, 1.807) is 14.0 Å².